The summed E-state index contributed by atoms with van der Waals surface area (Å²) in [5.41, 5.74) is 8.10. The highest BCUT2D eigenvalue weighted by Crippen LogP contribution is 2.22. The van der Waals surface area contributed by atoms with Crippen LogP contribution in [-0.2, 0) is 11.2 Å². The van der Waals surface area contributed by atoms with Gasteiger partial charge in [0, 0.05) is 42.9 Å². The molecule has 0 spiro atoms. The highest BCUT2D eigenvalue weighted by Gasteiger charge is 2.09. The number of nitrogens with two attached hydrogens (primary N) is 1. The molecule has 118 valence electrons. The maximum Gasteiger partial charge on any atom is 0.225 e. The van der Waals surface area contributed by atoms with Crippen LogP contribution in [0.1, 0.15) is 17.5 Å². The van der Waals surface area contributed by atoms with Crippen LogP contribution in [0.2, 0.25) is 0 Å². The molecule has 0 radical (unpaired) electrons. The Hall–Kier alpha value is -2.73. The molecular formula is C17H17FN4O. The molecule has 5 nitrogen and oxygen atoms in total. The first-order valence-electron chi connectivity index (χ1n) is 7.36. The molecule has 23 heavy (non-hydrogen) atoms. The lowest BCUT2D eigenvalue weighted by molar-refractivity contribution is -0.116. The first kappa shape index (κ1) is 15.2. The van der Waals surface area contributed by atoms with E-state index in [9.17, 15) is 9.18 Å². The Balaban J connectivity index is 1.81. The second-order valence-corrected chi connectivity index (χ2v) is 5.28. The summed E-state index contributed by atoms with van der Waals surface area (Å²) in [4.78, 5) is 18.8. The number of nitrogens with zero attached hydrogens (tertiary/aromatic N) is 1. The second kappa shape index (κ2) is 6.58. The number of nitrogens with one attached hydrogen (secondary N) is 2. The zero-order chi connectivity index (χ0) is 16.2. The lowest BCUT2D eigenvalue weighted by Gasteiger charge is -2.08. The molecule has 0 unspecified atom stereocenters. The number of amides is 1. The smallest absolute Gasteiger partial charge is 0.225 e. The molecule has 0 aliphatic carbocycles. The quantitative estimate of drug-likeness (QED) is 0.677. The predicted octanol–water partition coefficient (Wildman–Crippen LogP) is 2.58. The molecule has 0 saturated heterocycles. The van der Waals surface area contributed by atoms with Gasteiger partial charge in [0.2, 0.25) is 5.91 Å². The first-order chi connectivity index (χ1) is 11.2. The van der Waals surface area contributed by atoms with E-state index in [0.29, 0.717) is 17.7 Å². The number of pyridine rings is 1. The number of carbonyl (C=O) groups excluding carboxylic acids is 1. The Bertz CT molecular complexity index is 843. The molecule has 0 bridgehead atoms. The SMILES string of the molecule is NCCC(=O)Nc1ccc(Cc2ccnc3[nH]ccc23)c(F)c1. The number of carbonyl (C=O) groups is 1. The van der Waals surface area contributed by atoms with Crippen molar-refractivity contribution in [2.75, 3.05) is 11.9 Å². The standard InChI is InChI=1S/C17H17FN4O/c18-15-10-13(22-16(23)3-6-19)2-1-12(15)9-11-4-7-20-17-14(11)5-8-21-17/h1-2,4-5,7-8,10H,3,6,9,19H2,(H,20,21)(H,22,23). The van der Waals surface area contributed by atoms with Crippen molar-refractivity contribution in [2.24, 2.45) is 5.73 Å². The molecule has 4 N–H and O–H groups in total. The number of hydrogen-bond donors (Lipinski definition) is 3. The summed E-state index contributed by atoms with van der Waals surface area (Å²) in [6.07, 6.45) is 4.19. The molecule has 3 rings (SSSR count). The average molecular weight is 312 g/mol. The maximum absolute atomic E-state index is 14.3. The third kappa shape index (κ3) is 3.37. The minimum atomic E-state index is -0.351. The van der Waals surface area contributed by atoms with E-state index in [2.05, 4.69) is 15.3 Å². The molecule has 0 aliphatic heterocycles. The van der Waals surface area contributed by atoms with Gasteiger partial charge in [0.1, 0.15) is 11.5 Å². The van der Waals surface area contributed by atoms with E-state index in [-0.39, 0.29) is 24.7 Å². The number of aromatic nitrogens is 2. The van der Waals surface area contributed by atoms with Gasteiger partial charge in [-0.25, -0.2) is 9.37 Å². The van der Waals surface area contributed by atoms with Crippen LogP contribution in [-0.4, -0.2) is 22.4 Å². The van der Waals surface area contributed by atoms with Gasteiger partial charge in [-0.1, -0.05) is 6.07 Å². The monoisotopic (exact) mass is 312 g/mol. The number of H-pyrrole nitrogens is 1. The van der Waals surface area contributed by atoms with Crippen molar-refractivity contribution in [3.8, 4) is 0 Å². The topological polar surface area (TPSA) is 83.8 Å². The van der Waals surface area contributed by atoms with Gasteiger partial charge in [-0.15, -0.1) is 0 Å². The van der Waals surface area contributed by atoms with Crippen molar-refractivity contribution < 1.29 is 9.18 Å². The molecule has 3 aromatic rings. The number of fused-ring (bicyclic) bond motifs is 1. The Morgan fingerprint density at radius 1 is 1.26 bits per heavy atom. The van der Waals surface area contributed by atoms with Crippen molar-refractivity contribution in [3.63, 3.8) is 0 Å². The molecule has 2 heterocycles. The van der Waals surface area contributed by atoms with Gasteiger partial charge in [0.05, 0.1) is 0 Å². The summed E-state index contributed by atoms with van der Waals surface area (Å²) < 4.78 is 14.3. The number of benzene rings is 1. The van der Waals surface area contributed by atoms with Crippen molar-refractivity contribution >= 4 is 22.6 Å². The normalized spacial score (nSPS) is 10.9. The van der Waals surface area contributed by atoms with Crippen LogP contribution in [0, 0.1) is 5.82 Å². The minimum Gasteiger partial charge on any atom is -0.346 e. The van der Waals surface area contributed by atoms with E-state index in [1.165, 1.54) is 6.07 Å². The van der Waals surface area contributed by atoms with Crippen LogP contribution in [0.3, 0.4) is 0 Å². The molecule has 0 aliphatic rings. The average Bonchev–Trinajstić information content (AvgIpc) is 2.99. The van der Waals surface area contributed by atoms with Gasteiger partial charge in [-0.3, -0.25) is 4.79 Å². The third-order valence-electron chi connectivity index (χ3n) is 3.64. The van der Waals surface area contributed by atoms with E-state index >= 15 is 0 Å². The van der Waals surface area contributed by atoms with Gasteiger partial charge >= 0.3 is 0 Å². The van der Waals surface area contributed by atoms with Gasteiger partial charge in [0.25, 0.3) is 0 Å². The number of halogens is 1. The van der Waals surface area contributed by atoms with Crippen LogP contribution in [0.15, 0.2) is 42.7 Å². The van der Waals surface area contributed by atoms with Crippen LogP contribution in [0.5, 0.6) is 0 Å². The third-order valence-corrected chi connectivity index (χ3v) is 3.64. The molecule has 6 heteroatoms. The molecule has 1 aromatic carbocycles. The Morgan fingerprint density at radius 3 is 2.91 bits per heavy atom. The molecule has 1 amide bonds. The van der Waals surface area contributed by atoms with E-state index < -0.39 is 0 Å². The Morgan fingerprint density at radius 2 is 2.13 bits per heavy atom. The molecular weight excluding hydrogens is 295 g/mol. The van der Waals surface area contributed by atoms with E-state index in [4.69, 9.17) is 5.73 Å². The summed E-state index contributed by atoms with van der Waals surface area (Å²) in [5.74, 6) is -0.570. The van der Waals surface area contributed by atoms with E-state index in [1.807, 2.05) is 18.3 Å². The van der Waals surface area contributed by atoms with Gasteiger partial charge in [-0.05, 0) is 35.4 Å². The molecule has 0 atom stereocenters. The van der Waals surface area contributed by atoms with Gasteiger partial charge in [0.15, 0.2) is 0 Å². The van der Waals surface area contributed by atoms with Crippen molar-refractivity contribution in [2.45, 2.75) is 12.8 Å². The fraction of sp³-hybridized carbons (Fsp3) is 0.176. The number of hydrogen-bond acceptors (Lipinski definition) is 3. The number of aromatic amines is 1. The van der Waals surface area contributed by atoms with E-state index in [1.54, 1.807) is 18.3 Å². The fourth-order valence-electron chi connectivity index (χ4n) is 2.50. The lowest BCUT2D eigenvalue weighted by atomic mass is 10.0. The van der Waals surface area contributed by atoms with E-state index in [0.717, 1.165) is 16.6 Å². The minimum absolute atomic E-state index is 0.214. The zero-order valence-electron chi connectivity index (χ0n) is 12.5. The fourth-order valence-corrected chi connectivity index (χ4v) is 2.50. The first-order valence-corrected chi connectivity index (χ1v) is 7.36. The van der Waals surface area contributed by atoms with Crippen molar-refractivity contribution in [3.05, 3.63) is 59.7 Å². The maximum atomic E-state index is 14.3. The van der Waals surface area contributed by atoms with Crippen LogP contribution in [0.25, 0.3) is 11.0 Å². The highest BCUT2D eigenvalue weighted by molar-refractivity contribution is 5.90. The number of anilines is 1. The summed E-state index contributed by atoms with van der Waals surface area (Å²) >= 11 is 0. The van der Waals surface area contributed by atoms with Crippen molar-refractivity contribution in [1.29, 1.82) is 0 Å². The van der Waals surface area contributed by atoms with Crippen molar-refractivity contribution in [1.82, 2.24) is 9.97 Å². The summed E-state index contributed by atoms with van der Waals surface area (Å²) in [6, 6.07) is 8.53. The van der Waals surface area contributed by atoms with Crippen LogP contribution < -0.4 is 11.1 Å². The second-order valence-electron chi connectivity index (χ2n) is 5.28. The van der Waals surface area contributed by atoms with Gasteiger partial charge < -0.3 is 16.0 Å². The highest BCUT2D eigenvalue weighted by atomic mass is 19.1. The van der Waals surface area contributed by atoms with Gasteiger partial charge in [-0.2, -0.15) is 0 Å². The Labute approximate surface area is 132 Å². The summed E-state index contributed by atoms with van der Waals surface area (Å²) in [5, 5.41) is 3.61. The summed E-state index contributed by atoms with van der Waals surface area (Å²) in [6.45, 7) is 0.265. The summed E-state index contributed by atoms with van der Waals surface area (Å²) in [7, 11) is 0. The van der Waals surface area contributed by atoms with Crippen LogP contribution in [0.4, 0.5) is 10.1 Å². The zero-order valence-corrected chi connectivity index (χ0v) is 12.5. The predicted molar refractivity (Wildman–Crippen MR) is 87.6 cm³/mol. The molecule has 0 saturated carbocycles. The molecule has 2 aromatic heterocycles. The van der Waals surface area contributed by atoms with Crippen LogP contribution >= 0.6 is 0 Å². The largest absolute Gasteiger partial charge is 0.346 e. The number of rotatable bonds is 5. The lowest BCUT2D eigenvalue weighted by Crippen LogP contribution is -2.16. The Kier molecular flexibility index (Phi) is 4.34. The molecule has 0 fully saturated rings.